The van der Waals surface area contributed by atoms with Gasteiger partial charge in [0.25, 0.3) is 0 Å². The first-order chi connectivity index (χ1) is 10.2. The number of likely N-dealkylation sites (N-methyl/N-ethyl adjacent to an activating group) is 1. The first-order valence-electron chi connectivity index (χ1n) is 8.72. The summed E-state index contributed by atoms with van der Waals surface area (Å²) in [6.45, 7) is 10.9. The smallest absolute Gasteiger partial charge is 0.0762 e. The number of nitrogens with zero attached hydrogens (tertiary/aromatic N) is 3. The maximum absolute atomic E-state index is 4.77. The molecule has 1 unspecified atom stereocenters. The Hall–Kier alpha value is -0.870. The van der Waals surface area contributed by atoms with Crippen molar-refractivity contribution >= 4 is 0 Å². The molecule has 0 aromatic carbocycles. The number of rotatable bonds is 8. The molecule has 1 N–H and O–H groups in total. The fourth-order valence-electron chi connectivity index (χ4n) is 3.23. The lowest BCUT2D eigenvalue weighted by molar-refractivity contribution is 0.270. The Kier molecular flexibility index (Phi) is 6.71. The Morgan fingerprint density at radius 3 is 2.67 bits per heavy atom. The van der Waals surface area contributed by atoms with Crippen LogP contribution in [0.1, 0.15) is 64.6 Å². The molecule has 1 aromatic rings. The predicted molar refractivity (Wildman–Crippen MR) is 88.4 cm³/mol. The molecule has 0 amide bonds. The lowest BCUT2D eigenvalue weighted by Gasteiger charge is -2.23. The molecule has 1 aliphatic rings. The molecule has 4 heteroatoms. The van der Waals surface area contributed by atoms with Crippen molar-refractivity contribution in [2.75, 3.05) is 19.6 Å². The van der Waals surface area contributed by atoms with Gasteiger partial charge in [0.2, 0.25) is 0 Å². The van der Waals surface area contributed by atoms with Gasteiger partial charge in [-0.1, -0.05) is 33.1 Å². The summed E-state index contributed by atoms with van der Waals surface area (Å²) in [6, 6.07) is 3.32. The van der Waals surface area contributed by atoms with Crippen LogP contribution in [0.25, 0.3) is 0 Å². The minimum atomic E-state index is 0.504. The summed E-state index contributed by atoms with van der Waals surface area (Å²) < 4.78 is 2.20. The highest BCUT2D eigenvalue weighted by Gasteiger charge is 2.16. The van der Waals surface area contributed by atoms with E-state index >= 15 is 0 Å². The summed E-state index contributed by atoms with van der Waals surface area (Å²) in [6.07, 6.45) is 8.88. The largest absolute Gasteiger partial charge is 0.307 e. The van der Waals surface area contributed by atoms with Crippen LogP contribution >= 0.6 is 0 Å². The second kappa shape index (κ2) is 8.54. The summed E-state index contributed by atoms with van der Waals surface area (Å²) in [4.78, 5) is 2.46. The van der Waals surface area contributed by atoms with E-state index in [0.29, 0.717) is 12.1 Å². The highest BCUT2D eigenvalue weighted by atomic mass is 15.3. The van der Waals surface area contributed by atoms with Crippen LogP contribution in [-0.2, 0) is 6.54 Å². The molecular weight excluding hydrogens is 260 g/mol. The van der Waals surface area contributed by atoms with Crippen LogP contribution in [0.3, 0.4) is 0 Å². The molecule has 0 saturated heterocycles. The zero-order valence-corrected chi connectivity index (χ0v) is 14.0. The lowest BCUT2D eigenvalue weighted by Crippen LogP contribution is -2.38. The Morgan fingerprint density at radius 1 is 1.29 bits per heavy atom. The Balaban J connectivity index is 1.77. The van der Waals surface area contributed by atoms with Gasteiger partial charge in [0.05, 0.1) is 11.7 Å². The van der Waals surface area contributed by atoms with Crippen molar-refractivity contribution in [1.29, 1.82) is 0 Å². The van der Waals surface area contributed by atoms with Gasteiger partial charge in [-0.25, -0.2) is 0 Å². The van der Waals surface area contributed by atoms with E-state index in [1.165, 1.54) is 37.8 Å². The molecular formula is C17H32N4. The summed E-state index contributed by atoms with van der Waals surface area (Å²) >= 11 is 0. The normalized spacial score (nSPS) is 18.3. The highest BCUT2D eigenvalue weighted by molar-refractivity contribution is 5.00. The minimum Gasteiger partial charge on any atom is -0.307 e. The second-order valence-corrected chi connectivity index (χ2v) is 6.35. The van der Waals surface area contributed by atoms with E-state index in [4.69, 9.17) is 5.10 Å². The Morgan fingerprint density at radius 2 is 2.00 bits per heavy atom. The molecule has 21 heavy (non-hydrogen) atoms. The summed E-state index contributed by atoms with van der Waals surface area (Å²) in [5.41, 5.74) is 1.17. The van der Waals surface area contributed by atoms with E-state index in [0.717, 1.165) is 26.2 Å². The molecule has 1 fully saturated rings. The third-order valence-corrected chi connectivity index (χ3v) is 4.67. The van der Waals surface area contributed by atoms with Crippen LogP contribution in [0.2, 0.25) is 0 Å². The molecule has 1 saturated carbocycles. The molecule has 1 atom stereocenters. The zero-order chi connectivity index (χ0) is 15.1. The first-order valence-corrected chi connectivity index (χ1v) is 8.72. The molecule has 120 valence electrons. The van der Waals surface area contributed by atoms with Gasteiger partial charge in [-0.15, -0.1) is 0 Å². The van der Waals surface area contributed by atoms with E-state index in [9.17, 15) is 0 Å². The quantitative estimate of drug-likeness (QED) is 0.798. The summed E-state index contributed by atoms with van der Waals surface area (Å²) in [5.74, 6) is 0. The number of nitrogens with one attached hydrogen (secondary N) is 1. The summed E-state index contributed by atoms with van der Waals surface area (Å²) in [5, 5.41) is 8.36. The van der Waals surface area contributed by atoms with Gasteiger partial charge in [0.15, 0.2) is 0 Å². The predicted octanol–water partition coefficient (Wildman–Crippen LogP) is 3.21. The third-order valence-electron chi connectivity index (χ3n) is 4.67. The van der Waals surface area contributed by atoms with Crippen molar-refractivity contribution in [3.05, 3.63) is 18.0 Å². The molecule has 0 radical (unpaired) electrons. The molecule has 4 nitrogen and oxygen atoms in total. The van der Waals surface area contributed by atoms with Crippen molar-refractivity contribution in [3.8, 4) is 0 Å². The molecule has 2 rings (SSSR count). The maximum Gasteiger partial charge on any atom is 0.0762 e. The molecule has 0 aliphatic heterocycles. The van der Waals surface area contributed by atoms with Gasteiger partial charge >= 0.3 is 0 Å². The van der Waals surface area contributed by atoms with E-state index in [1.54, 1.807) is 0 Å². The second-order valence-electron chi connectivity index (χ2n) is 6.35. The highest BCUT2D eigenvalue weighted by Crippen LogP contribution is 2.27. The lowest BCUT2D eigenvalue weighted by atomic mass is 9.96. The van der Waals surface area contributed by atoms with Gasteiger partial charge in [0.1, 0.15) is 0 Å². The molecule has 1 heterocycles. The monoisotopic (exact) mass is 292 g/mol. The van der Waals surface area contributed by atoms with Crippen molar-refractivity contribution in [2.45, 2.75) is 71.5 Å². The van der Waals surface area contributed by atoms with Crippen molar-refractivity contribution in [3.63, 3.8) is 0 Å². The third kappa shape index (κ3) is 5.11. The van der Waals surface area contributed by atoms with Crippen molar-refractivity contribution in [2.24, 2.45) is 0 Å². The van der Waals surface area contributed by atoms with Crippen molar-refractivity contribution < 1.29 is 0 Å². The van der Waals surface area contributed by atoms with Gasteiger partial charge in [-0.05, 0) is 38.9 Å². The zero-order valence-electron chi connectivity index (χ0n) is 14.0. The number of hydrogen-bond donors (Lipinski definition) is 1. The van der Waals surface area contributed by atoms with Crippen LogP contribution in [0.5, 0.6) is 0 Å². The fraction of sp³-hybridized carbons (Fsp3) is 0.824. The standard InChI is InChI=1S/C17H32N4/c1-4-20(5-2)14-15(3)18-13-16-11-12-21(19-16)17-9-7-6-8-10-17/h11-12,15,17-18H,4-10,13-14H2,1-3H3. The fourth-order valence-corrected chi connectivity index (χ4v) is 3.23. The van der Waals surface area contributed by atoms with Crippen molar-refractivity contribution in [1.82, 2.24) is 20.0 Å². The number of hydrogen-bond acceptors (Lipinski definition) is 3. The van der Waals surface area contributed by atoms with Crippen LogP contribution < -0.4 is 5.32 Å². The molecule has 1 aliphatic carbocycles. The van der Waals surface area contributed by atoms with Crippen LogP contribution in [-0.4, -0.2) is 40.4 Å². The maximum atomic E-state index is 4.77. The van der Waals surface area contributed by atoms with E-state index < -0.39 is 0 Å². The topological polar surface area (TPSA) is 33.1 Å². The van der Waals surface area contributed by atoms with E-state index in [1.807, 2.05) is 0 Å². The SMILES string of the molecule is CCN(CC)CC(C)NCc1ccn(C2CCCCC2)n1. The van der Waals surface area contributed by atoms with Gasteiger partial charge in [-0.3, -0.25) is 4.68 Å². The average molecular weight is 292 g/mol. The van der Waals surface area contributed by atoms with E-state index in [-0.39, 0.29) is 0 Å². The Labute approximate surface area is 129 Å². The first kappa shape index (κ1) is 16.5. The van der Waals surface area contributed by atoms with Crippen LogP contribution in [0.15, 0.2) is 12.3 Å². The van der Waals surface area contributed by atoms with Gasteiger partial charge in [-0.2, -0.15) is 5.10 Å². The van der Waals surface area contributed by atoms with E-state index in [2.05, 4.69) is 47.9 Å². The number of aromatic nitrogens is 2. The van der Waals surface area contributed by atoms with Gasteiger partial charge in [0, 0.05) is 25.3 Å². The average Bonchev–Trinajstić information content (AvgIpc) is 3.00. The Bertz CT molecular complexity index is 391. The summed E-state index contributed by atoms with van der Waals surface area (Å²) in [7, 11) is 0. The minimum absolute atomic E-state index is 0.504. The van der Waals surface area contributed by atoms with Crippen LogP contribution in [0.4, 0.5) is 0 Å². The molecule has 0 bridgehead atoms. The molecule has 0 spiro atoms. The van der Waals surface area contributed by atoms with Gasteiger partial charge < -0.3 is 10.2 Å². The van der Waals surface area contributed by atoms with Crippen LogP contribution in [0, 0.1) is 0 Å². The molecule has 1 aromatic heterocycles.